The molecule has 1 aliphatic heterocycles. The molecule has 1 fully saturated rings. The van der Waals surface area contributed by atoms with Crippen molar-refractivity contribution in [1.82, 2.24) is 19.9 Å². The van der Waals surface area contributed by atoms with E-state index in [4.69, 9.17) is 9.97 Å². The average molecular weight is 403 g/mol. The highest BCUT2D eigenvalue weighted by molar-refractivity contribution is 5.58. The molecule has 4 nitrogen and oxygen atoms in total. The topological polar surface area (TPSA) is 41.9 Å². The molecule has 154 valence electrons. The molecular formula is C25H27FN4. The molecule has 3 heterocycles. The van der Waals surface area contributed by atoms with Gasteiger partial charge < -0.3 is 0 Å². The first kappa shape index (κ1) is 19.3. The molecule has 0 radical (unpaired) electrons. The second kappa shape index (κ2) is 8.60. The van der Waals surface area contributed by atoms with Crippen LogP contribution in [-0.4, -0.2) is 26.4 Å². The van der Waals surface area contributed by atoms with Crippen molar-refractivity contribution in [2.75, 3.05) is 6.54 Å². The first-order valence-corrected chi connectivity index (χ1v) is 11.0. The van der Waals surface area contributed by atoms with Gasteiger partial charge in [0.15, 0.2) is 0 Å². The fraction of sp³-hybridized carbons (Fsp3) is 0.400. The summed E-state index contributed by atoms with van der Waals surface area (Å²) < 4.78 is 13.4. The van der Waals surface area contributed by atoms with Crippen molar-refractivity contribution in [3.05, 3.63) is 77.3 Å². The van der Waals surface area contributed by atoms with E-state index in [1.165, 1.54) is 61.1 Å². The summed E-state index contributed by atoms with van der Waals surface area (Å²) in [7, 11) is 0. The molecule has 0 N–H and O–H groups in total. The van der Waals surface area contributed by atoms with Crippen molar-refractivity contribution in [1.29, 1.82) is 0 Å². The first-order chi connectivity index (χ1) is 14.7. The summed E-state index contributed by atoms with van der Waals surface area (Å²) in [4.78, 5) is 16.6. The van der Waals surface area contributed by atoms with Crippen LogP contribution < -0.4 is 0 Å². The summed E-state index contributed by atoms with van der Waals surface area (Å²) in [6.07, 6.45) is 11.4. The monoisotopic (exact) mass is 402 g/mol. The van der Waals surface area contributed by atoms with Crippen LogP contribution in [-0.2, 0) is 19.5 Å². The number of benzene rings is 1. The quantitative estimate of drug-likeness (QED) is 0.595. The first-order valence-electron chi connectivity index (χ1n) is 11.0. The zero-order chi connectivity index (χ0) is 20.3. The maximum absolute atomic E-state index is 13.4. The van der Waals surface area contributed by atoms with Crippen LogP contribution in [0.15, 0.2) is 48.8 Å². The minimum atomic E-state index is -0.237. The largest absolute Gasteiger partial charge is 0.294 e. The van der Waals surface area contributed by atoms with E-state index in [1.54, 1.807) is 6.07 Å². The lowest BCUT2D eigenvalue weighted by Gasteiger charge is -2.29. The van der Waals surface area contributed by atoms with Crippen molar-refractivity contribution in [3.63, 3.8) is 0 Å². The van der Waals surface area contributed by atoms with Gasteiger partial charge in [-0.1, -0.05) is 37.5 Å². The van der Waals surface area contributed by atoms with Gasteiger partial charge in [0.05, 0.1) is 5.69 Å². The SMILES string of the molecule is Fc1cccc(-c2ccc(CN3CCc4nc(C5CCCCC5)ncc4C3)cn2)c1. The third kappa shape index (κ3) is 4.26. The van der Waals surface area contributed by atoms with E-state index in [2.05, 4.69) is 22.1 Å². The Balaban J connectivity index is 1.24. The van der Waals surface area contributed by atoms with Gasteiger partial charge in [-0.3, -0.25) is 9.88 Å². The Hall–Kier alpha value is -2.66. The van der Waals surface area contributed by atoms with Gasteiger partial charge in [-0.2, -0.15) is 0 Å². The molecule has 0 atom stereocenters. The van der Waals surface area contributed by atoms with E-state index in [1.807, 2.05) is 18.3 Å². The van der Waals surface area contributed by atoms with Crippen LogP contribution in [0.2, 0.25) is 0 Å². The van der Waals surface area contributed by atoms with Crippen LogP contribution in [0.5, 0.6) is 0 Å². The molecule has 30 heavy (non-hydrogen) atoms. The average Bonchev–Trinajstić information content (AvgIpc) is 2.80. The van der Waals surface area contributed by atoms with E-state index in [9.17, 15) is 4.39 Å². The number of halogens is 1. The lowest BCUT2D eigenvalue weighted by atomic mass is 9.88. The van der Waals surface area contributed by atoms with Gasteiger partial charge in [-0.05, 0) is 36.6 Å². The molecule has 1 saturated carbocycles. The highest BCUT2D eigenvalue weighted by atomic mass is 19.1. The molecule has 0 spiro atoms. The van der Waals surface area contributed by atoms with Crippen molar-refractivity contribution in [3.8, 4) is 11.3 Å². The van der Waals surface area contributed by atoms with Crippen LogP contribution in [0.25, 0.3) is 11.3 Å². The molecule has 1 aliphatic carbocycles. The predicted molar refractivity (Wildman–Crippen MR) is 115 cm³/mol. The van der Waals surface area contributed by atoms with Gasteiger partial charge in [0.2, 0.25) is 0 Å². The predicted octanol–water partition coefficient (Wildman–Crippen LogP) is 5.28. The summed E-state index contributed by atoms with van der Waals surface area (Å²) in [5.74, 6) is 1.39. The zero-order valence-electron chi connectivity index (χ0n) is 17.2. The molecule has 2 aromatic heterocycles. The second-order valence-corrected chi connectivity index (χ2v) is 8.56. The smallest absolute Gasteiger partial charge is 0.131 e. The Morgan fingerprint density at radius 1 is 1.00 bits per heavy atom. The maximum atomic E-state index is 13.4. The third-order valence-electron chi connectivity index (χ3n) is 6.35. The molecule has 0 bridgehead atoms. The van der Waals surface area contributed by atoms with Gasteiger partial charge in [-0.15, -0.1) is 0 Å². The highest BCUT2D eigenvalue weighted by Gasteiger charge is 2.22. The summed E-state index contributed by atoms with van der Waals surface area (Å²) in [6.45, 7) is 2.73. The van der Waals surface area contributed by atoms with Crippen LogP contribution in [0.3, 0.4) is 0 Å². The summed E-state index contributed by atoms with van der Waals surface area (Å²) in [6, 6.07) is 10.6. The fourth-order valence-corrected chi connectivity index (χ4v) is 4.68. The Labute approximate surface area is 177 Å². The third-order valence-corrected chi connectivity index (χ3v) is 6.35. The van der Waals surface area contributed by atoms with E-state index in [0.717, 1.165) is 43.1 Å². The van der Waals surface area contributed by atoms with Gasteiger partial charge >= 0.3 is 0 Å². The lowest BCUT2D eigenvalue weighted by Crippen LogP contribution is -2.31. The Bertz CT molecular complexity index is 1010. The Kier molecular flexibility index (Phi) is 5.54. The lowest BCUT2D eigenvalue weighted by molar-refractivity contribution is 0.242. The van der Waals surface area contributed by atoms with Gasteiger partial charge in [0.1, 0.15) is 11.6 Å². The molecule has 0 unspecified atom stereocenters. The van der Waals surface area contributed by atoms with Gasteiger partial charge in [-0.25, -0.2) is 14.4 Å². The molecule has 5 heteroatoms. The molecule has 2 aliphatic rings. The molecule has 0 amide bonds. The highest BCUT2D eigenvalue weighted by Crippen LogP contribution is 2.31. The summed E-state index contributed by atoms with van der Waals surface area (Å²) in [5.41, 5.74) is 5.26. The number of rotatable bonds is 4. The molecular weight excluding hydrogens is 375 g/mol. The van der Waals surface area contributed by atoms with Crippen molar-refractivity contribution >= 4 is 0 Å². The van der Waals surface area contributed by atoms with Crippen LogP contribution in [0.1, 0.15) is 60.7 Å². The molecule has 3 aromatic rings. The maximum Gasteiger partial charge on any atom is 0.131 e. The number of aromatic nitrogens is 3. The van der Waals surface area contributed by atoms with Crippen molar-refractivity contribution in [2.45, 2.75) is 57.5 Å². The second-order valence-electron chi connectivity index (χ2n) is 8.56. The van der Waals surface area contributed by atoms with Crippen LogP contribution >= 0.6 is 0 Å². The zero-order valence-corrected chi connectivity index (χ0v) is 17.2. The van der Waals surface area contributed by atoms with E-state index >= 15 is 0 Å². The number of fused-ring (bicyclic) bond motifs is 1. The number of hydrogen-bond acceptors (Lipinski definition) is 4. The number of nitrogens with zero attached hydrogens (tertiary/aromatic N) is 4. The number of hydrogen-bond donors (Lipinski definition) is 0. The normalized spacial score (nSPS) is 17.6. The van der Waals surface area contributed by atoms with Gasteiger partial charge in [0, 0.05) is 61.2 Å². The summed E-state index contributed by atoms with van der Waals surface area (Å²) >= 11 is 0. The summed E-state index contributed by atoms with van der Waals surface area (Å²) in [5, 5.41) is 0. The van der Waals surface area contributed by atoms with E-state index in [-0.39, 0.29) is 5.82 Å². The van der Waals surface area contributed by atoms with Crippen molar-refractivity contribution in [2.24, 2.45) is 0 Å². The minimum absolute atomic E-state index is 0.237. The van der Waals surface area contributed by atoms with E-state index < -0.39 is 0 Å². The standard InChI is InChI=1S/C25H27FN4/c26-22-8-4-7-20(13-22)23-10-9-18(14-27-23)16-30-12-11-24-21(17-30)15-28-25(29-24)19-5-2-1-3-6-19/h4,7-10,13-15,19H,1-3,5-6,11-12,16-17H2. The molecule has 0 saturated heterocycles. The molecule has 5 rings (SSSR count). The Morgan fingerprint density at radius 2 is 1.90 bits per heavy atom. The van der Waals surface area contributed by atoms with Crippen molar-refractivity contribution < 1.29 is 4.39 Å². The van der Waals surface area contributed by atoms with E-state index in [0.29, 0.717) is 5.92 Å². The fourth-order valence-electron chi connectivity index (χ4n) is 4.68. The van der Waals surface area contributed by atoms with Crippen LogP contribution in [0.4, 0.5) is 4.39 Å². The molecule has 1 aromatic carbocycles. The minimum Gasteiger partial charge on any atom is -0.294 e. The van der Waals surface area contributed by atoms with Gasteiger partial charge in [0.25, 0.3) is 0 Å². The Morgan fingerprint density at radius 3 is 2.70 bits per heavy atom. The number of pyridine rings is 1. The van der Waals surface area contributed by atoms with Crippen LogP contribution in [0, 0.1) is 5.82 Å².